The lowest BCUT2D eigenvalue weighted by Gasteiger charge is -2.35. The molecule has 1 fully saturated rings. The van der Waals surface area contributed by atoms with Crippen LogP contribution in [-0.2, 0) is 6.54 Å². The van der Waals surface area contributed by atoms with Crippen molar-refractivity contribution in [3.05, 3.63) is 64.9 Å². The first-order valence-electron chi connectivity index (χ1n) is 8.63. The van der Waals surface area contributed by atoms with E-state index in [0.29, 0.717) is 0 Å². The van der Waals surface area contributed by atoms with Crippen LogP contribution in [0.15, 0.2) is 48.8 Å². The molecule has 2 aromatic carbocycles. The van der Waals surface area contributed by atoms with Crippen LogP contribution in [0.25, 0.3) is 10.9 Å². The smallest absolute Gasteiger partial charge is 0.141 e. The largest absolute Gasteiger partial charge is 0.353 e. The summed E-state index contributed by atoms with van der Waals surface area (Å²) in [5.74, 6) is 0.950. The molecule has 1 aromatic heterocycles. The third-order valence-electron chi connectivity index (χ3n) is 4.79. The fourth-order valence-electron chi connectivity index (χ4n) is 3.36. The summed E-state index contributed by atoms with van der Waals surface area (Å²) in [6.07, 6.45) is 1.63. The lowest BCUT2D eigenvalue weighted by atomic mass is 10.1. The molecule has 1 saturated heterocycles. The summed E-state index contributed by atoms with van der Waals surface area (Å²) in [5.41, 5.74) is 3.58. The van der Waals surface area contributed by atoms with E-state index in [1.807, 2.05) is 18.2 Å². The van der Waals surface area contributed by atoms with Crippen molar-refractivity contribution in [1.29, 1.82) is 0 Å². The molecule has 0 atom stereocenters. The Hall–Kier alpha value is -2.17. The van der Waals surface area contributed by atoms with Crippen LogP contribution in [0, 0.1) is 6.92 Å². The van der Waals surface area contributed by atoms with E-state index in [-0.39, 0.29) is 0 Å². The molecule has 0 amide bonds. The lowest BCUT2D eigenvalue weighted by molar-refractivity contribution is 0.249. The predicted octanol–water partition coefficient (Wildman–Crippen LogP) is 3.91. The van der Waals surface area contributed by atoms with E-state index >= 15 is 0 Å². The molecular formula is C20H21ClN4. The van der Waals surface area contributed by atoms with Gasteiger partial charge in [-0.1, -0.05) is 47.5 Å². The highest BCUT2D eigenvalue weighted by molar-refractivity contribution is 6.36. The molecular weight excluding hydrogens is 332 g/mol. The highest BCUT2D eigenvalue weighted by atomic mass is 35.5. The van der Waals surface area contributed by atoms with Gasteiger partial charge >= 0.3 is 0 Å². The summed E-state index contributed by atoms with van der Waals surface area (Å²) < 4.78 is 0. The second-order valence-electron chi connectivity index (χ2n) is 6.58. The summed E-state index contributed by atoms with van der Waals surface area (Å²) in [7, 11) is 0. The normalized spacial score (nSPS) is 15.7. The maximum Gasteiger partial charge on any atom is 0.141 e. The number of piperazine rings is 1. The second kappa shape index (κ2) is 6.98. The van der Waals surface area contributed by atoms with Crippen molar-refractivity contribution >= 4 is 28.3 Å². The van der Waals surface area contributed by atoms with Gasteiger partial charge in [-0.25, -0.2) is 9.97 Å². The summed E-state index contributed by atoms with van der Waals surface area (Å²) in [6.45, 7) is 7.05. The molecule has 0 N–H and O–H groups in total. The minimum Gasteiger partial charge on any atom is -0.353 e. The first-order valence-corrected chi connectivity index (χ1v) is 9.00. The van der Waals surface area contributed by atoms with Gasteiger partial charge < -0.3 is 4.90 Å². The maximum atomic E-state index is 6.41. The third kappa shape index (κ3) is 3.46. The Labute approximate surface area is 153 Å². The van der Waals surface area contributed by atoms with E-state index in [2.05, 4.69) is 51.0 Å². The zero-order valence-corrected chi connectivity index (χ0v) is 15.1. The van der Waals surface area contributed by atoms with Gasteiger partial charge in [0.25, 0.3) is 0 Å². The Morgan fingerprint density at radius 2 is 1.72 bits per heavy atom. The van der Waals surface area contributed by atoms with Crippen LogP contribution in [-0.4, -0.2) is 41.0 Å². The number of rotatable bonds is 3. The molecule has 25 heavy (non-hydrogen) atoms. The predicted molar refractivity (Wildman–Crippen MR) is 103 cm³/mol. The van der Waals surface area contributed by atoms with Crippen molar-refractivity contribution in [3.8, 4) is 0 Å². The monoisotopic (exact) mass is 352 g/mol. The Morgan fingerprint density at radius 3 is 2.48 bits per heavy atom. The molecule has 0 aliphatic carbocycles. The van der Waals surface area contributed by atoms with E-state index in [1.165, 1.54) is 11.1 Å². The highest BCUT2D eigenvalue weighted by Gasteiger charge is 2.21. The number of nitrogens with zero attached hydrogens (tertiary/aromatic N) is 4. The summed E-state index contributed by atoms with van der Waals surface area (Å²) in [6, 6.07) is 14.6. The summed E-state index contributed by atoms with van der Waals surface area (Å²) >= 11 is 6.41. The highest BCUT2D eigenvalue weighted by Crippen LogP contribution is 2.30. The summed E-state index contributed by atoms with van der Waals surface area (Å²) in [5, 5.41) is 1.67. The number of fused-ring (bicyclic) bond motifs is 1. The molecule has 0 spiro atoms. The van der Waals surface area contributed by atoms with E-state index in [4.69, 9.17) is 11.6 Å². The quantitative estimate of drug-likeness (QED) is 0.715. The van der Waals surface area contributed by atoms with Gasteiger partial charge in [-0.15, -0.1) is 0 Å². The van der Waals surface area contributed by atoms with Crippen LogP contribution in [0.4, 0.5) is 5.82 Å². The van der Waals surface area contributed by atoms with Crippen molar-refractivity contribution in [2.24, 2.45) is 0 Å². The van der Waals surface area contributed by atoms with Crippen LogP contribution in [0.5, 0.6) is 0 Å². The van der Waals surface area contributed by atoms with Crippen LogP contribution >= 0.6 is 11.6 Å². The number of halogens is 1. The Bertz CT molecular complexity index is 865. The minimum absolute atomic E-state index is 0.718. The molecule has 4 nitrogen and oxygen atoms in total. The van der Waals surface area contributed by atoms with Crippen LogP contribution < -0.4 is 4.90 Å². The molecule has 1 aliphatic rings. The lowest BCUT2D eigenvalue weighted by Crippen LogP contribution is -2.46. The maximum absolute atomic E-state index is 6.41. The number of anilines is 1. The molecule has 0 radical (unpaired) electrons. The van der Waals surface area contributed by atoms with Crippen molar-refractivity contribution in [1.82, 2.24) is 14.9 Å². The number of hydrogen-bond acceptors (Lipinski definition) is 4. The first kappa shape index (κ1) is 16.3. The van der Waals surface area contributed by atoms with Crippen LogP contribution in [0.3, 0.4) is 0 Å². The Balaban J connectivity index is 1.48. The van der Waals surface area contributed by atoms with Gasteiger partial charge in [0.15, 0.2) is 0 Å². The molecule has 1 aliphatic heterocycles. The average molecular weight is 353 g/mol. The molecule has 2 heterocycles. The first-order chi connectivity index (χ1) is 12.2. The standard InChI is InChI=1S/C20H21ClN4/c1-15-5-7-16(8-6-15)13-24-9-11-25(12-10-24)20-19-17(21)3-2-4-18(19)22-14-23-20/h2-8,14H,9-13H2,1H3. The SMILES string of the molecule is Cc1ccc(CN2CCN(c3ncnc4cccc(Cl)c34)CC2)cc1. The molecule has 0 bridgehead atoms. The van der Waals surface area contributed by atoms with Gasteiger partial charge in [0.05, 0.1) is 15.9 Å². The van der Waals surface area contributed by atoms with Crippen molar-refractivity contribution in [3.63, 3.8) is 0 Å². The molecule has 4 rings (SSSR count). The van der Waals surface area contributed by atoms with Gasteiger partial charge in [-0.2, -0.15) is 0 Å². The van der Waals surface area contributed by atoms with E-state index in [9.17, 15) is 0 Å². The number of hydrogen-bond donors (Lipinski definition) is 0. The zero-order valence-electron chi connectivity index (χ0n) is 14.3. The molecule has 5 heteroatoms. The number of aromatic nitrogens is 2. The van der Waals surface area contributed by atoms with Gasteiger partial charge in [0.2, 0.25) is 0 Å². The fourth-order valence-corrected chi connectivity index (χ4v) is 3.62. The third-order valence-corrected chi connectivity index (χ3v) is 5.11. The van der Waals surface area contributed by atoms with E-state index in [1.54, 1.807) is 6.33 Å². The van der Waals surface area contributed by atoms with Crippen LogP contribution in [0.1, 0.15) is 11.1 Å². The Morgan fingerprint density at radius 1 is 0.960 bits per heavy atom. The van der Waals surface area contributed by atoms with Crippen molar-refractivity contribution in [2.75, 3.05) is 31.1 Å². The van der Waals surface area contributed by atoms with Crippen LogP contribution in [0.2, 0.25) is 5.02 Å². The van der Waals surface area contributed by atoms with Gasteiger partial charge in [0, 0.05) is 32.7 Å². The average Bonchev–Trinajstić information content (AvgIpc) is 2.64. The van der Waals surface area contributed by atoms with Gasteiger partial charge in [0.1, 0.15) is 12.1 Å². The number of aryl methyl sites for hydroxylation is 1. The van der Waals surface area contributed by atoms with Crippen molar-refractivity contribution < 1.29 is 0 Å². The molecule has 128 valence electrons. The summed E-state index contributed by atoms with van der Waals surface area (Å²) in [4.78, 5) is 13.7. The topological polar surface area (TPSA) is 32.3 Å². The molecule has 0 saturated carbocycles. The molecule has 0 unspecified atom stereocenters. The molecule has 3 aromatic rings. The second-order valence-corrected chi connectivity index (χ2v) is 6.99. The van der Waals surface area contributed by atoms with Gasteiger partial charge in [-0.05, 0) is 24.6 Å². The van der Waals surface area contributed by atoms with E-state index < -0.39 is 0 Å². The zero-order chi connectivity index (χ0) is 17.2. The number of benzene rings is 2. The van der Waals surface area contributed by atoms with E-state index in [0.717, 1.165) is 54.5 Å². The minimum atomic E-state index is 0.718. The Kier molecular flexibility index (Phi) is 4.55. The van der Waals surface area contributed by atoms with Gasteiger partial charge in [-0.3, -0.25) is 4.90 Å². The fraction of sp³-hybridized carbons (Fsp3) is 0.300. The van der Waals surface area contributed by atoms with Crippen molar-refractivity contribution in [2.45, 2.75) is 13.5 Å².